The molecular formula is C21H23FN2O3. The molecule has 1 saturated heterocycles. The van der Waals surface area contributed by atoms with E-state index in [2.05, 4.69) is 0 Å². The van der Waals surface area contributed by atoms with Crippen molar-refractivity contribution in [3.05, 3.63) is 65.0 Å². The molecule has 2 aromatic carbocycles. The lowest BCUT2D eigenvalue weighted by Gasteiger charge is -2.36. The van der Waals surface area contributed by atoms with E-state index in [-0.39, 0.29) is 11.7 Å². The Balaban J connectivity index is 1.63. The van der Waals surface area contributed by atoms with Crippen LogP contribution in [0.25, 0.3) is 0 Å². The number of ketones is 1. The first kappa shape index (κ1) is 19.0. The highest BCUT2D eigenvalue weighted by atomic mass is 19.1. The molecule has 27 heavy (non-hydrogen) atoms. The van der Waals surface area contributed by atoms with Gasteiger partial charge in [0.2, 0.25) is 0 Å². The maximum absolute atomic E-state index is 14.3. The first-order chi connectivity index (χ1) is 13.0. The van der Waals surface area contributed by atoms with Crippen molar-refractivity contribution in [2.24, 2.45) is 0 Å². The third-order valence-electron chi connectivity index (χ3n) is 4.77. The summed E-state index contributed by atoms with van der Waals surface area (Å²) in [6.07, 6.45) is 0. The molecule has 1 aliphatic rings. The highest BCUT2D eigenvalue weighted by molar-refractivity contribution is 5.95. The maximum Gasteiger partial charge on any atom is 0.253 e. The summed E-state index contributed by atoms with van der Waals surface area (Å²) in [7, 11) is 1.63. The average molecular weight is 370 g/mol. The molecule has 3 rings (SSSR count). The van der Waals surface area contributed by atoms with Crippen LogP contribution < -0.4 is 4.90 Å². The molecule has 0 spiro atoms. The molecule has 142 valence electrons. The number of carbonyl (C=O) groups excluding carboxylic acids is 2. The molecule has 5 nitrogen and oxygen atoms in total. The number of halogens is 1. The van der Waals surface area contributed by atoms with Gasteiger partial charge in [-0.05, 0) is 42.8 Å². The first-order valence-electron chi connectivity index (χ1n) is 8.92. The van der Waals surface area contributed by atoms with Gasteiger partial charge in [0.25, 0.3) is 5.91 Å². The van der Waals surface area contributed by atoms with Gasteiger partial charge < -0.3 is 14.5 Å². The summed E-state index contributed by atoms with van der Waals surface area (Å²) < 4.78 is 19.4. The highest BCUT2D eigenvalue weighted by Crippen LogP contribution is 2.23. The quantitative estimate of drug-likeness (QED) is 0.759. The zero-order chi connectivity index (χ0) is 19.4. The maximum atomic E-state index is 14.3. The molecule has 0 atom stereocenters. The fraction of sp³-hybridized carbons (Fsp3) is 0.333. The van der Waals surface area contributed by atoms with E-state index in [9.17, 15) is 14.0 Å². The standard InChI is InChI=1S/C21H23FN2O3/c1-15(25)18-7-8-20(19(22)13-18)23-9-11-24(12-10-23)21(26)17-5-3-16(4-6-17)14-27-2/h3-8,13H,9-12,14H2,1-2H3. The Hall–Kier alpha value is -2.73. The number of piperazine rings is 1. The molecule has 2 aromatic rings. The Kier molecular flexibility index (Phi) is 5.86. The first-order valence-corrected chi connectivity index (χ1v) is 8.92. The molecule has 0 saturated carbocycles. The van der Waals surface area contributed by atoms with Crippen LogP contribution in [-0.4, -0.2) is 49.9 Å². The summed E-state index contributed by atoms with van der Waals surface area (Å²) in [5, 5.41) is 0. The summed E-state index contributed by atoms with van der Waals surface area (Å²) >= 11 is 0. The summed E-state index contributed by atoms with van der Waals surface area (Å²) in [5.74, 6) is -0.588. The van der Waals surface area contributed by atoms with E-state index in [1.807, 2.05) is 29.2 Å². The molecular weight excluding hydrogens is 347 g/mol. The monoisotopic (exact) mass is 370 g/mol. The Labute approximate surface area is 158 Å². The second-order valence-electron chi connectivity index (χ2n) is 6.63. The number of Topliss-reactive ketones (excluding diaryl/α,β-unsaturated/α-hetero) is 1. The van der Waals surface area contributed by atoms with Gasteiger partial charge in [0, 0.05) is 44.4 Å². The normalized spacial score (nSPS) is 14.3. The lowest BCUT2D eigenvalue weighted by molar-refractivity contribution is 0.0746. The van der Waals surface area contributed by atoms with Crippen molar-refractivity contribution < 1.29 is 18.7 Å². The van der Waals surface area contributed by atoms with Gasteiger partial charge in [-0.3, -0.25) is 9.59 Å². The molecule has 1 fully saturated rings. The number of hydrogen-bond donors (Lipinski definition) is 0. The molecule has 0 unspecified atom stereocenters. The van der Waals surface area contributed by atoms with Crippen LogP contribution >= 0.6 is 0 Å². The van der Waals surface area contributed by atoms with Gasteiger partial charge in [0.1, 0.15) is 5.82 Å². The van der Waals surface area contributed by atoms with E-state index in [1.165, 1.54) is 13.0 Å². The van der Waals surface area contributed by atoms with Crippen molar-refractivity contribution in [3.63, 3.8) is 0 Å². The molecule has 0 bridgehead atoms. The Morgan fingerprint density at radius 1 is 1.00 bits per heavy atom. The molecule has 0 aliphatic carbocycles. The van der Waals surface area contributed by atoms with E-state index >= 15 is 0 Å². The molecule has 1 heterocycles. The zero-order valence-electron chi connectivity index (χ0n) is 15.6. The second-order valence-corrected chi connectivity index (χ2v) is 6.63. The van der Waals surface area contributed by atoms with Crippen molar-refractivity contribution in [2.45, 2.75) is 13.5 Å². The number of rotatable bonds is 5. The molecule has 1 amide bonds. The zero-order valence-corrected chi connectivity index (χ0v) is 15.6. The lowest BCUT2D eigenvalue weighted by atomic mass is 10.1. The van der Waals surface area contributed by atoms with Crippen molar-refractivity contribution in [1.29, 1.82) is 0 Å². The second kappa shape index (κ2) is 8.31. The number of hydrogen-bond acceptors (Lipinski definition) is 4. The van der Waals surface area contributed by atoms with Crippen LogP contribution in [0.1, 0.15) is 33.2 Å². The summed E-state index contributed by atoms with van der Waals surface area (Å²) in [5.41, 5.74) is 2.49. The predicted molar refractivity (Wildman–Crippen MR) is 102 cm³/mol. The molecule has 0 N–H and O–H groups in total. The van der Waals surface area contributed by atoms with Crippen molar-refractivity contribution >= 4 is 17.4 Å². The molecule has 6 heteroatoms. The summed E-state index contributed by atoms with van der Waals surface area (Å²) in [6, 6.07) is 11.9. The van der Waals surface area contributed by atoms with Gasteiger partial charge in [-0.25, -0.2) is 4.39 Å². The minimum atomic E-state index is -0.406. The number of methoxy groups -OCH3 is 1. The van der Waals surface area contributed by atoms with Crippen molar-refractivity contribution in [3.8, 4) is 0 Å². The number of carbonyl (C=O) groups is 2. The van der Waals surface area contributed by atoms with Crippen LogP contribution in [0.3, 0.4) is 0 Å². The van der Waals surface area contributed by atoms with Crippen LogP contribution in [0.15, 0.2) is 42.5 Å². The SMILES string of the molecule is COCc1ccc(C(=O)N2CCN(c3ccc(C(C)=O)cc3F)CC2)cc1. The van der Waals surface area contributed by atoms with E-state index < -0.39 is 5.82 Å². The van der Waals surface area contributed by atoms with Gasteiger partial charge in [0.05, 0.1) is 12.3 Å². The van der Waals surface area contributed by atoms with E-state index in [1.54, 1.807) is 24.1 Å². The van der Waals surface area contributed by atoms with Gasteiger partial charge >= 0.3 is 0 Å². The molecule has 0 aromatic heterocycles. The fourth-order valence-electron chi connectivity index (χ4n) is 3.23. The Morgan fingerprint density at radius 3 is 2.19 bits per heavy atom. The number of nitrogens with zero attached hydrogens (tertiary/aromatic N) is 2. The van der Waals surface area contributed by atoms with Crippen molar-refractivity contribution in [2.75, 3.05) is 38.2 Å². The highest BCUT2D eigenvalue weighted by Gasteiger charge is 2.24. The van der Waals surface area contributed by atoms with Crippen molar-refractivity contribution in [1.82, 2.24) is 4.90 Å². The number of anilines is 1. The largest absolute Gasteiger partial charge is 0.380 e. The molecule has 1 aliphatic heterocycles. The number of amides is 1. The minimum absolute atomic E-state index is 0.0222. The fourth-order valence-corrected chi connectivity index (χ4v) is 3.23. The average Bonchev–Trinajstić information content (AvgIpc) is 2.68. The summed E-state index contributed by atoms with van der Waals surface area (Å²) in [6.45, 7) is 4.06. The van der Waals surface area contributed by atoms with Crippen LogP contribution in [0.2, 0.25) is 0 Å². The van der Waals surface area contributed by atoms with E-state index in [0.29, 0.717) is 49.6 Å². The summed E-state index contributed by atoms with van der Waals surface area (Å²) in [4.78, 5) is 27.7. The van der Waals surface area contributed by atoms with Crippen LogP contribution in [-0.2, 0) is 11.3 Å². The smallest absolute Gasteiger partial charge is 0.253 e. The van der Waals surface area contributed by atoms with E-state index in [4.69, 9.17) is 4.74 Å². The van der Waals surface area contributed by atoms with Crippen LogP contribution in [0.4, 0.5) is 10.1 Å². The van der Waals surface area contributed by atoms with Gasteiger partial charge in [-0.15, -0.1) is 0 Å². The van der Waals surface area contributed by atoms with Gasteiger partial charge in [-0.2, -0.15) is 0 Å². The predicted octanol–water partition coefficient (Wildman–Crippen LogP) is 3.14. The topological polar surface area (TPSA) is 49.9 Å². The number of benzene rings is 2. The lowest BCUT2D eigenvalue weighted by Crippen LogP contribution is -2.49. The Bertz CT molecular complexity index is 828. The third-order valence-corrected chi connectivity index (χ3v) is 4.77. The Morgan fingerprint density at radius 2 is 1.63 bits per heavy atom. The van der Waals surface area contributed by atoms with Crippen LogP contribution in [0, 0.1) is 5.82 Å². The number of ether oxygens (including phenoxy) is 1. The third kappa shape index (κ3) is 4.34. The minimum Gasteiger partial charge on any atom is -0.380 e. The van der Waals surface area contributed by atoms with Gasteiger partial charge in [-0.1, -0.05) is 12.1 Å². The molecule has 0 radical (unpaired) electrons. The van der Waals surface area contributed by atoms with E-state index in [0.717, 1.165) is 5.56 Å². The van der Waals surface area contributed by atoms with Gasteiger partial charge in [0.15, 0.2) is 5.78 Å². The van der Waals surface area contributed by atoms with Crippen LogP contribution in [0.5, 0.6) is 0 Å².